The van der Waals surface area contributed by atoms with E-state index in [9.17, 15) is 9.90 Å². The van der Waals surface area contributed by atoms with E-state index in [1.807, 2.05) is 55.5 Å². The first-order valence-electron chi connectivity index (χ1n) is 9.26. The van der Waals surface area contributed by atoms with Gasteiger partial charge in [-0.2, -0.15) is 0 Å². The number of rotatable bonds is 4. The molecule has 0 radical (unpaired) electrons. The Morgan fingerprint density at radius 1 is 1.15 bits per heavy atom. The second-order valence-corrected chi connectivity index (χ2v) is 6.63. The number of carbonyl (C=O) groups is 1. The molecule has 2 aromatic carbocycles. The van der Waals surface area contributed by atoms with Crippen LogP contribution in [0.25, 0.3) is 22.6 Å². The number of carboxylic acid groups (broad SMARTS) is 1. The van der Waals surface area contributed by atoms with Crippen molar-refractivity contribution >= 4 is 28.5 Å². The van der Waals surface area contributed by atoms with Crippen molar-refractivity contribution in [2.75, 3.05) is 6.61 Å². The highest BCUT2D eigenvalue weighted by Gasteiger charge is 2.24. The molecule has 0 atom stereocenters. The SMILES string of the molecule is CCOc1ccccc1/C=C1\CCCc2c1nc1ccccc1c2C(=O)O. The number of ether oxygens (including phenoxy) is 1. The van der Waals surface area contributed by atoms with E-state index >= 15 is 0 Å². The Balaban J connectivity index is 1.93. The van der Waals surface area contributed by atoms with Crippen molar-refractivity contribution in [1.29, 1.82) is 0 Å². The van der Waals surface area contributed by atoms with Crippen LogP contribution in [0, 0.1) is 0 Å². The highest BCUT2D eigenvalue weighted by molar-refractivity contribution is 6.05. The predicted octanol–water partition coefficient (Wildman–Crippen LogP) is 5.21. The largest absolute Gasteiger partial charge is 0.493 e. The first kappa shape index (κ1) is 17.3. The molecule has 0 fully saturated rings. The molecule has 4 rings (SSSR count). The normalized spacial score (nSPS) is 14.9. The lowest BCUT2D eigenvalue weighted by Crippen LogP contribution is -2.13. The number of pyridine rings is 1. The van der Waals surface area contributed by atoms with E-state index in [-0.39, 0.29) is 0 Å². The molecule has 1 aromatic heterocycles. The molecule has 1 heterocycles. The molecule has 1 N–H and O–H groups in total. The van der Waals surface area contributed by atoms with Crippen molar-refractivity contribution in [2.24, 2.45) is 0 Å². The number of aromatic nitrogens is 1. The van der Waals surface area contributed by atoms with Crippen molar-refractivity contribution in [3.8, 4) is 5.75 Å². The summed E-state index contributed by atoms with van der Waals surface area (Å²) in [6.07, 6.45) is 4.61. The maximum Gasteiger partial charge on any atom is 0.336 e. The molecule has 0 spiro atoms. The highest BCUT2D eigenvalue weighted by Crippen LogP contribution is 2.37. The molecular formula is C23H21NO3. The summed E-state index contributed by atoms with van der Waals surface area (Å²) >= 11 is 0. The van der Waals surface area contributed by atoms with Crippen LogP contribution in [-0.4, -0.2) is 22.7 Å². The Morgan fingerprint density at radius 2 is 1.93 bits per heavy atom. The summed E-state index contributed by atoms with van der Waals surface area (Å²) in [5, 5.41) is 10.6. The van der Waals surface area contributed by atoms with Gasteiger partial charge < -0.3 is 9.84 Å². The van der Waals surface area contributed by atoms with Crippen molar-refractivity contribution in [3.05, 3.63) is 70.9 Å². The number of para-hydroxylation sites is 2. The number of fused-ring (bicyclic) bond motifs is 2. The molecule has 1 aliphatic carbocycles. The van der Waals surface area contributed by atoms with E-state index in [1.165, 1.54) is 0 Å². The zero-order valence-corrected chi connectivity index (χ0v) is 15.2. The van der Waals surface area contributed by atoms with Gasteiger partial charge in [0, 0.05) is 10.9 Å². The van der Waals surface area contributed by atoms with Crippen molar-refractivity contribution in [1.82, 2.24) is 4.98 Å². The van der Waals surface area contributed by atoms with Crippen LogP contribution in [0.2, 0.25) is 0 Å². The Labute approximate surface area is 158 Å². The van der Waals surface area contributed by atoms with E-state index in [0.29, 0.717) is 17.6 Å². The minimum atomic E-state index is -0.888. The van der Waals surface area contributed by atoms with E-state index in [1.54, 1.807) is 0 Å². The van der Waals surface area contributed by atoms with Gasteiger partial charge in [-0.25, -0.2) is 9.78 Å². The average molecular weight is 359 g/mol. The minimum absolute atomic E-state index is 0.388. The molecule has 0 aliphatic heterocycles. The highest BCUT2D eigenvalue weighted by atomic mass is 16.5. The van der Waals surface area contributed by atoms with Gasteiger partial charge in [-0.3, -0.25) is 0 Å². The lowest BCUT2D eigenvalue weighted by Gasteiger charge is -2.22. The van der Waals surface area contributed by atoms with Crippen molar-refractivity contribution in [2.45, 2.75) is 26.2 Å². The summed E-state index contributed by atoms with van der Waals surface area (Å²) in [6.45, 7) is 2.56. The zero-order chi connectivity index (χ0) is 18.8. The molecule has 3 aromatic rings. The van der Waals surface area contributed by atoms with Gasteiger partial charge in [0.05, 0.1) is 23.4 Å². The fourth-order valence-corrected chi connectivity index (χ4v) is 3.79. The van der Waals surface area contributed by atoms with Crippen LogP contribution in [-0.2, 0) is 6.42 Å². The maximum atomic E-state index is 12.0. The Hall–Kier alpha value is -3.14. The fourth-order valence-electron chi connectivity index (χ4n) is 3.79. The third kappa shape index (κ3) is 3.19. The number of carboxylic acids is 1. The molecule has 4 nitrogen and oxygen atoms in total. The van der Waals surface area contributed by atoms with Crippen molar-refractivity contribution < 1.29 is 14.6 Å². The summed E-state index contributed by atoms with van der Waals surface area (Å²) < 4.78 is 5.74. The third-order valence-corrected chi connectivity index (χ3v) is 4.93. The topological polar surface area (TPSA) is 59.4 Å². The summed E-state index contributed by atoms with van der Waals surface area (Å²) in [5.41, 5.74) is 4.82. The predicted molar refractivity (Wildman–Crippen MR) is 107 cm³/mol. The molecule has 0 saturated heterocycles. The van der Waals surface area contributed by atoms with Gasteiger partial charge in [0.15, 0.2) is 0 Å². The van der Waals surface area contributed by atoms with Gasteiger partial charge >= 0.3 is 5.97 Å². The van der Waals surface area contributed by atoms with Crippen LogP contribution < -0.4 is 4.74 Å². The van der Waals surface area contributed by atoms with E-state index in [2.05, 4.69) is 6.08 Å². The molecule has 4 heteroatoms. The number of hydrogen-bond donors (Lipinski definition) is 1. The zero-order valence-electron chi connectivity index (χ0n) is 15.2. The Morgan fingerprint density at radius 3 is 2.74 bits per heavy atom. The van der Waals surface area contributed by atoms with Gasteiger partial charge in [0.25, 0.3) is 0 Å². The van der Waals surface area contributed by atoms with Gasteiger partial charge in [-0.05, 0) is 55.5 Å². The molecule has 136 valence electrons. The number of nitrogens with zero attached hydrogens (tertiary/aromatic N) is 1. The van der Waals surface area contributed by atoms with Gasteiger partial charge in [0.2, 0.25) is 0 Å². The smallest absolute Gasteiger partial charge is 0.336 e. The molecule has 1 aliphatic rings. The average Bonchev–Trinajstić information content (AvgIpc) is 2.68. The van der Waals surface area contributed by atoms with Crippen LogP contribution in [0.4, 0.5) is 0 Å². The maximum absolute atomic E-state index is 12.0. The van der Waals surface area contributed by atoms with E-state index in [0.717, 1.165) is 52.9 Å². The summed E-state index contributed by atoms with van der Waals surface area (Å²) in [4.78, 5) is 16.9. The first-order valence-corrected chi connectivity index (χ1v) is 9.26. The van der Waals surface area contributed by atoms with Crippen LogP contribution in [0.1, 0.15) is 46.9 Å². The number of aromatic carboxylic acids is 1. The summed E-state index contributed by atoms with van der Waals surface area (Å²) in [7, 11) is 0. The number of hydrogen-bond acceptors (Lipinski definition) is 3. The first-order chi connectivity index (χ1) is 13.2. The standard InChI is InChI=1S/C23H21NO3/c1-2-27-20-13-6-3-8-15(20)14-16-9-7-11-18-21(23(25)26)17-10-4-5-12-19(17)24-22(16)18/h3-6,8,10,12-14H,2,7,9,11H2,1H3,(H,25,26)/b16-14+. The van der Waals surface area contributed by atoms with Crippen LogP contribution in [0.3, 0.4) is 0 Å². The van der Waals surface area contributed by atoms with Crippen LogP contribution >= 0.6 is 0 Å². The van der Waals surface area contributed by atoms with Crippen LogP contribution in [0.15, 0.2) is 48.5 Å². The Bertz CT molecular complexity index is 1050. The Kier molecular flexibility index (Phi) is 4.63. The second kappa shape index (κ2) is 7.23. The van der Waals surface area contributed by atoms with Crippen LogP contribution in [0.5, 0.6) is 5.75 Å². The van der Waals surface area contributed by atoms with E-state index in [4.69, 9.17) is 9.72 Å². The third-order valence-electron chi connectivity index (χ3n) is 4.93. The summed E-state index contributed by atoms with van der Waals surface area (Å²) in [5.74, 6) is -0.0558. The molecule has 0 bridgehead atoms. The van der Waals surface area contributed by atoms with Gasteiger partial charge in [-0.15, -0.1) is 0 Å². The lowest BCUT2D eigenvalue weighted by molar-refractivity contribution is 0.0697. The second-order valence-electron chi connectivity index (χ2n) is 6.63. The fraction of sp³-hybridized carbons (Fsp3) is 0.217. The number of benzene rings is 2. The minimum Gasteiger partial charge on any atom is -0.493 e. The molecule has 0 amide bonds. The van der Waals surface area contributed by atoms with Gasteiger partial charge in [0.1, 0.15) is 5.75 Å². The molecule has 27 heavy (non-hydrogen) atoms. The monoisotopic (exact) mass is 359 g/mol. The lowest BCUT2D eigenvalue weighted by atomic mass is 9.86. The van der Waals surface area contributed by atoms with Gasteiger partial charge in [-0.1, -0.05) is 36.4 Å². The molecular weight excluding hydrogens is 338 g/mol. The quantitative estimate of drug-likeness (QED) is 0.695. The number of allylic oxidation sites excluding steroid dienone is 1. The molecule has 0 unspecified atom stereocenters. The summed E-state index contributed by atoms with van der Waals surface area (Å²) in [6, 6.07) is 15.4. The van der Waals surface area contributed by atoms with Crippen molar-refractivity contribution in [3.63, 3.8) is 0 Å². The van der Waals surface area contributed by atoms with E-state index < -0.39 is 5.97 Å². The molecule has 0 saturated carbocycles.